The van der Waals surface area contributed by atoms with Crippen LogP contribution in [0.3, 0.4) is 0 Å². The van der Waals surface area contributed by atoms with Gasteiger partial charge in [-0.05, 0) is 178 Å². The fourth-order valence-electron chi connectivity index (χ4n) is 10.4. The molecule has 4 unspecified atom stereocenters. The van der Waals surface area contributed by atoms with Gasteiger partial charge in [0.2, 0.25) is 11.8 Å². The molecule has 2 fully saturated rings. The molecule has 5 aromatic rings. The van der Waals surface area contributed by atoms with Crippen molar-refractivity contribution in [2.24, 2.45) is 5.92 Å². The Morgan fingerprint density at radius 2 is 1.01 bits per heavy atom. The van der Waals surface area contributed by atoms with Crippen LogP contribution in [0.15, 0.2) is 132 Å². The maximum atomic E-state index is 15.5. The van der Waals surface area contributed by atoms with Crippen LogP contribution in [-0.4, -0.2) is 95.0 Å². The lowest BCUT2D eigenvalue weighted by molar-refractivity contribution is -0.144. The number of para-hydroxylation sites is 2. The molecule has 4 atom stereocenters. The summed E-state index contributed by atoms with van der Waals surface area (Å²) >= 11 is 3.52. The summed E-state index contributed by atoms with van der Waals surface area (Å²) < 4.78 is 23.9. The molecule has 0 radical (unpaired) electrons. The molecule has 7 rings (SSSR count). The molecule has 2 aliphatic carbocycles. The largest absolute Gasteiger partial charge is 0.493 e. The van der Waals surface area contributed by atoms with E-state index in [9.17, 15) is 14.4 Å². The van der Waals surface area contributed by atoms with E-state index in [1.54, 1.807) is 47.9 Å². The maximum Gasteiger partial charge on any atom is 0.305 e. The highest BCUT2D eigenvalue weighted by molar-refractivity contribution is 9.10. The topological polar surface area (TPSA) is 170 Å². The minimum absolute atomic E-state index is 0.153. The predicted molar refractivity (Wildman–Crippen MR) is 318 cm³/mol. The molecule has 2 saturated carbocycles. The minimum Gasteiger partial charge on any atom is -0.493 e. The van der Waals surface area contributed by atoms with Gasteiger partial charge in [-0.3, -0.25) is 28.8 Å². The zero-order valence-electron chi connectivity index (χ0n) is 48.2. The van der Waals surface area contributed by atoms with Crippen LogP contribution in [0.25, 0.3) is 11.1 Å². The maximum absolute atomic E-state index is 15.5. The van der Waals surface area contributed by atoms with E-state index in [0.717, 1.165) is 41.3 Å². The first-order chi connectivity index (χ1) is 38.9. The lowest BCUT2D eigenvalue weighted by atomic mass is 9.94. The van der Waals surface area contributed by atoms with Crippen LogP contribution in [0.2, 0.25) is 0 Å². The molecule has 432 valence electrons. The molecule has 15 heteroatoms. The number of nitrogens with one attached hydrogen (secondary N) is 2. The summed E-state index contributed by atoms with van der Waals surface area (Å²) in [6.45, 7) is 14.6. The van der Waals surface area contributed by atoms with E-state index in [2.05, 4.69) is 26.6 Å². The number of esters is 2. The molecule has 5 aromatic carbocycles. The Kier molecular flexibility index (Phi) is 22.2. The third-order valence-electron chi connectivity index (χ3n) is 14.4. The van der Waals surface area contributed by atoms with Crippen LogP contribution >= 0.6 is 15.9 Å². The monoisotopic (exact) mass is 1170 g/mol. The van der Waals surface area contributed by atoms with Crippen molar-refractivity contribution >= 4 is 51.5 Å². The summed E-state index contributed by atoms with van der Waals surface area (Å²) in [5.41, 5.74) is 2.40. The molecule has 2 N–H and O–H groups in total. The molecule has 2 aliphatic rings. The fourth-order valence-corrected chi connectivity index (χ4v) is 10.7. The molecule has 0 heterocycles. The molecule has 81 heavy (non-hydrogen) atoms. The van der Waals surface area contributed by atoms with Crippen LogP contribution in [0, 0.1) is 5.92 Å². The number of nitrogens with zero attached hydrogens (tertiary/aromatic N) is 2. The summed E-state index contributed by atoms with van der Waals surface area (Å²) in [7, 11) is 0. The van der Waals surface area contributed by atoms with Crippen molar-refractivity contribution in [3.63, 3.8) is 0 Å². The van der Waals surface area contributed by atoms with Gasteiger partial charge in [0, 0.05) is 62.7 Å². The number of hydrogen-bond acceptors (Lipinski definition) is 10. The van der Waals surface area contributed by atoms with Crippen LogP contribution in [0.4, 0.5) is 0 Å². The van der Waals surface area contributed by atoms with Gasteiger partial charge < -0.3 is 39.4 Å². The number of unbranched alkanes of at least 4 members (excludes halogenated alkanes) is 4. The summed E-state index contributed by atoms with van der Waals surface area (Å²) in [6, 6.07) is 36.5. The quantitative estimate of drug-likeness (QED) is 0.0333. The number of carbonyl (C=O) groups excluding carboxylic acids is 6. The average Bonchev–Trinajstić information content (AvgIpc) is 4.18. The van der Waals surface area contributed by atoms with Crippen molar-refractivity contribution < 1.29 is 47.7 Å². The molecule has 4 amide bonds. The zero-order chi connectivity index (χ0) is 58.1. The van der Waals surface area contributed by atoms with Gasteiger partial charge in [0.1, 0.15) is 23.6 Å². The van der Waals surface area contributed by atoms with Crippen LogP contribution in [0.1, 0.15) is 169 Å². The Morgan fingerprint density at radius 1 is 0.556 bits per heavy atom. The van der Waals surface area contributed by atoms with E-state index >= 15 is 14.4 Å². The molecule has 0 aromatic heterocycles. The van der Waals surface area contributed by atoms with Gasteiger partial charge in [0.25, 0.3) is 11.8 Å². The van der Waals surface area contributed by atoms with Crippen molar-refractivity contribution in [3.05, 3.63) is 154 Å². The van der Waals surface area contributed by atoms with Gasteiger partial charge in [-0.25, -0.2) is 0 Å². The van der Waals surface area contributed by atoms with Crippen molar-refractivity contribution in [1.82, 2.24) is 20.4 Å². The van der Waals surface area contributed by atoms with Crippen molar-refractivity contribution in [2.75, 3.05) is 26.4 Å². The normalized spacial score (nSPS) is 15.6. The molecular formula is C66H81BrN4O10. The third kappa shape index (κ3) is 18.0. The molecule has 0 aliphatic heterocycles. The predicted octanol–water partition coefficient (Wildman–Crippen LogP) is 12.9. The second kappa shape index (κ2) is 29.1. The first-order valence-electron chi connectivity index (χ1n) is 28.8. The van der Waals surface area contributed by atoms with Crippen molar-refractivity contribution in [2.45, 2.75) is 161 Å². The van der Waals surface area contributed by atoms with E-state index in [1.807, 2.05) is 138 Å². The SMILES string of the molecule is CCOC(=O)CCCCCOc1ccccc1C(C(=O)NC(C)(C)CC1CC1N(C(=O)c1ccc(Br)cc1)C(C(=O)NC(C)(C)C)c1ccccc1OCCCCCC(=O)OCC)N(C(=O)c1ccc(-c2ccccc2)cc1)C1CC1. The van der Waals surface area contributed by atoms with Gasteiger partial charge in [-0.15, -0.1) is 0 Å². The molecule has 0 spiro atoms. The van der Waals surface area contributed by atoms with Crippen LogP contribution < -0.4 is 20.1 Å². The highest BCUT2D eigenvalue weighted by Crippen LogP contribution is 2.48. The summed E-state index contributed by atoms with van der Waals surface area (Å²) in [6.07, 6.45) is 7.20. The fraction of sp³-hybridized carbons (Fsp3) is 0.455. The van der Waals surface area contributed by atoms with Gasteiger partial charge in [-0.2, -0.15) is 0 Å². The Morgan fingerprint density at radius 3 is 1.52 bits per heavy atom. The van der Waals surface area contributed by atoms with E-state index in [0.29, 0.717) is 112 Å². The Balaban J connectivity index is 1.17. The van der Waals surface area contributed by atoms with E-state index < -0.39 is 29.2 Å². The van der Waals surface area contributed by atoms with Gasteiger partial charge in [-0.1, -0.05) is 94.8 Å². The number of ether oxygens (including phenoxy) is 4. The first kappa shape index (κ1) is 61.6. The smallest absolute Gasteiger partial charge is 0.305 e. The molecule has 14 nitrogen and oxygen atoms in total. The Labute approximate surface area is 487 Å². The second-order valence-corrected chi connectivity index (χ2v) is 23.7. The molecular weight excluding hydrogens is 1090 g/mol. The van der Waals surface area contributed by atoms with Crippen molar-refractivity contribution in [1.29, 1.82) is 0 Å². The average molecular weight is 1170 g/mol. The van der Waals surface area contributed by atoms with Gasteiger partial charge in [0.15, 0.2) is 0 Å². The Bertz CT molecular complexity index is 2900. The number of carbonyl (C=O) groups is 6. The highest BCUT2D eigenvalue weighted by Gasteiger charge is 2.52. The number of halogens is 1. The highest BCUT2D eigenvalue weighted by atomic mass is 79.9. The van der Waals surface area contributed by atoms with Gasteiger partial charge in [0.05, 0.1) is 26.4 Å². The van der Waals surface area contributed by atoms with E-state index in [4.69, 9.17) is 18.9 Å². The van der Waals surface area contributed by atoms with Crippen LogP contribution in [-0.2, 0) is 28.7 Å². The second-order valence-electron chi connectivity index (χ2n) is 22.8. The van der Waals surface area contributed by atoms with Crippen LogP contribution in [0.5, 0.6) is 11.5 Å². The minimum atomic E-state index is -1.11. The number of amides is 4. The van der Waals surface area contributed by atoms with E-state index in [1.165, 1.54) is 0 Å². The van der Waals surface area contributed by atoms with E-state index in [-0.39, 0.29) is 47.5 Å². The number of rotatable bonds is 30. The standard InChI is InChI=1S/C66H81BrN4O10/c1-8-78-57(72)29-15-11-21-41-80-55-27-19-17-25-52(55)59(70(51-39-40-51)63(76)47-33-31-46(32-34-47)45-23-13-10-14-24-45)62(75)69-66(6,7)44-49-43-54(49)71(64(77)48-35-37-50(67)38-36-48)60(61(74)68-65(3,4)5)53-26-18-20-28-56(53)81-42-22-12-16-30-58(73)79-9-2/h10,13-14,17-20,23-28,31-38,49,51,54,59-60H,8-9,11-12,15-16,21-22,29-30,39-44H2,1-7H3,(H,68,74)(H,69,75). The molecule has 0 saturated heterocycles. The molecule has 0 bridgehead atoms. The zero-order valence-corrected chi connectivity index (χ0v) is 49.8. The summed E-state index contributed by atoms with van der Waals surface area (Å²) in [5.74, 6) is -0.984. The van der Waals surface area contributed by atoms with Gasteiger partial charge >= 0.3 is 11.9 Å². The Hall–Kier alpha value is -7.00. The lowest BCUT2D eigenvalue weighted by Crippen LogP contribution is -2.52. The third-order valence-corrected chi connectivity index (χ3v) is 14.9. The number of benzene rings is 5. The summed E-state index contributed by atoms with van der Waals surface area (Å²) in [5, 5.41) is 6.57. The van der Waals surface area contributed by atoms with Crippen molar-refractivity contribution in [3.8, 4) is 22.6 Å². The summed E-state index contributed by atoms with van der Waals surface area (Å²) in [4.78, 5) is 88.2. The lowest BCUT2D eigenvalue weighted by Gasteiger charge is -2.37. The first-order valence-corrected chi connectivity index (χ1v) is 29.6. The number of hydrogen-bond donors (Lipinski definition) is 2.